The summed E-state index contributed by atoms with van der Waals surface area (Å²) in [6, 6.07) is 9.66. The van der Waals surface area contributed by atoms with Gasteiger partial charge in [-0.25, -0.2) is 0 Å². The molecular weight excluding hydrogens is 372 g/mol. The summed E-state index contributed by atoms with van der Waals surface area (Å²) in [5.41, 5.74) is -0.767. The van der Waals surface area contributed by atoms with E-state index < -0.39 is 5.60 Å². The number of Topliss-reactive ketones (excluding diaryl/α,β-unsaturated/α-hetero) is 1. The lowest BCUT2D eigenvalue weighted by Gasteiger charge is -2.22. The number of aliphatic hydroxyl groups excluding tert-OH is 1. The van der Waals surface area contributed by atoms with E-state index >= 15 is 0 Å². The van der Waals surface area contributed by atoms with Crippen LogP contribution in [-0.4, -0.2) is 41.1 Å². The van der Waals surface area contributed by atoms with Gasteiger partial charge in [-0.15, -0.1) is 11.8 Å². The fraction of sp³-hybridized carbons (Fsp3) is 0.435. The number of carbonyl (C=O) groups excluding carboxylic acids is 1. The highest BCUT2D eigenvalue weighted by Gasteiger charge is 2.40. The maximum atomic E-state index is 12.6. The number of hydrogen-bond donors (Lipinski definition) is 2. The number of unbranched alkanes of at least 4 members (excludes halogenated alkanes) is 3. The molecule has 1 aliphatic rings. The molecule has 2 rings (SSSR count). The Morgan fingerprint density at radius 2 is 1.93 bits per heavy atom. The number of ketones is 1. The Morgan fingerprint density at radius 1 is 1.14 bits per heavy atom. The van der Waals surface area contributed by atoms with Gasteiger partial charge in [0.05, 0.1) is 11.5 Å². The lowest BCUT2D eigenvalue weighted by atomic mass is 9.90. The second-order valence-corrected chi connectivity index (χ2v) is 7.66. The molecule has 0 aliphatic heterocycles. The van der Waals surface area contributed by atoms with Crippen molar-refractivity contribution in [3.05, 3.63) is 65.1 Å². The summed E-state index contributed by atoms with van der Waals surface area (Å²) in [6.07, 6.45) is 13.7. The predicted molar refractivity (Wildman–Crippen MR) is 116 cm³/mol. The first-order chi connectivity index (χ1) is 13.6. The van der Waals surface area contributed by atoms with Gasteiger partial charge in [0, 0.05) is 12.2 Å². The van der Waals surface area contributed by atoms with Gasteiger partial charge in [0.1, 0.15) is 11.4 Å². The third-order valence-corrected chi connectivity index (χ3v) is 5.41. The monoisotopic (exact) mass is 402 g/mol. The van der Waals surface area contributed by atoms with Crippen molar-refractivity contribution in [2.24, 2.45) is 0 Å². The predicted octanol–water partition coefficient (Wildman–Crippen LogP) is 4.44. The maximum absolute atomic E-state index is 12.6. The minimum absolute atomic E-state index is 0.0875. The van der Waals surface area contributed by atoms with E-state index in [4.69, 9.17) is 9.84 Å². The zero-order valence-corrected chi connectivity index (χ0v) is 17.3. The van der Waals surface area contributed by atoms with Crippen LogP contribution in [0, 0.1) is 0 Å². The van der Waals surface area contributed by atoms with Gasteiger partial charge < -0.3 is 14.9 Å². The highest BCUT2D eigenvalue weighted by molar-refractivity contribution is 8.03. The Labute approximate surface area is 172 Å². The van der Waals surface area contributed by atoms with Gasteiger partial charge in [-0.2, -0.15) is 0 Å². The van der Waals surface area contributed by atoms with Crippen molar-refractivity contribution in [2.45, 2.75) is 44.1 Å². The van der Waals surface area contributed by atoms with Crippen LogP contribution in [0.25, 0.3) is 0 Å². The molecule has 1 unspecified atom stereocenters. The Bertz CT molecular complexity index is 709. The summed E-state index contributed by atoms with van der Waals surface area (Å²) < 4.78 is 5.69. The third-order valence-electron chi connectivity index (χ3n) is 4.67. The molecule has 0 amide bonds. The van der Waals surface area contributed by atoms with Gasteiger partial charge in [0.15, 0.2) is 5.78 Å². The first-order valence-electron chi connectivity index (χ1n) is 9.80. The normalized spacial score (nSPS) is 20.9. The van der Waals surface area contributed by atoms with Crippen LogP contribution >= 0.6 is 11.8 Å². The minimum atomic E-state index is -1.21. The van der Waals surface area contributed by atoms with Gasteiger partial charge in [-0.1, -0.05) is 36.4 Å². The topological polar surface area (TPSA) is 66.8 Å². The minimum Gasteiger partial charge on any atom is -0.494 e. The highest BCUT2D eigenvalue weighted by atomic mass is 32.2. The number of rotatable bonds is 12. The van der Waals surface area contributed by atoms with Crippen molar-refractivity contribution in [1.82, 2.24) is 0 Å². The van der Waals surface area contributed by atoms with E-state index in [-0.39, 0.29) is 12.4 Å². The highest BCUT2D eigenvalue weighted by Crippen LogP contribution is 2.38. The van der Waals surface area contributed by atoms with Gasteiger partial charge in [-0.3, -0.25) is 4.79 Å². The quantitative estimate of drug-likeness (QED) is 0.400. The Balaban J connectivity index is 1.89. The van der Waals surface area contributed by atoms with Gasteiger partial charge in [-0.05, 0) is 63.0 Å². The molecule has 0 aromatic heterocycles. The van der Waals surface area contributed by atoms with E-state index in [1.807, 2.05) is 48.7 Å². The Morgan fingerprint density at radius 3 is 2.64 bits per heavy atom. The van der Waals surface area contributed by atoms with Crippen molar-refractivity contribution < 1.29 is 19.7 Å². The summed E-state index contributed by atoms with van der Waals surface area (Å²) >= 11 is 1.37. The van der Waals surface area contributed by atoms with Crippen molar-refractivity contribution in [1.29, 1.82) is 0 Å². The standard InChI is InChI=1S/C23H30O4S/c1-28-21-18-23(26,15-9-11-17-27-19-12-6-5-7-13-19)20(22(21)25)14-8-3-2-4-10-16-24/h3,5-8,12-14,18,24,26H,2,4,9-11,15-17H2,1H3/b8-3+,20-14-. The molecule has 0 heterocycles. The van der Waals surface area contributed by atoms with E-state index in [1.165, 1.54) is 11.8 Å². The molecule has 1 aliphatic carbocycles. The van der Waals surface area contributed by atoms with Crippen LogP contribution in [-0.2, 0) is 4.79 Å². The maximum Gasteiger partial charge on any atom is 0.198 e. The van der Waals surface area contributed by atoms with Crippen LogP contribution < -0.4 is 4.74 Å². The molecule has 5 heteroatoms. The van der Waals surface area contributed by atoms with Crippen molar-refractivity contribution in [3.8, 4) is 5.75 Å². The van der Waals surface area contributed by atoms with E-state index in [9.17, 15) is 9.90 Å². The van der Waals surface area contributed by atoms with E-state index in [0.29, 0.717) is 23.5 Å². The first kappa shape index (κ1) is 22.5. The zero-order valence-electron chi connectivity index (χ0n) is 16.5. The number of benzene rings is 1. The number of carbonyl (C=O) groups is 1. The Kier molecular flexibility index (Phi) is 9.55. The lowest BCUT2D eigenvalue weighted by Crippen LogP contribution is -2.28. The fourth-order valence-corrected chi connectivity index (χ4v) is 3.71. The summed E-state index contributed by atoms with van der Waals surface area (Å²) in [4.78, 5) is 13.2. The molecular formula is C23H30O4S. The van der Waals surface area contributed by atoms with Gasteiger partial charge >= 0.3 is 0 Å². The molecule has 0 fully saturated rings. The van der Waals surface area contributed by atoms with Crippen LogP contribution in [0.2, 0.25) is 0 Å². The second kappa shape index (κ2) is 11.9. The number of hydrogen-bond acceptors (Lipinski definition) is 5. The molecule has 0 radical (unpaired) electrons. The van der Waals surface area contributed by atoms with Crippen LogP contribution in [0.4, 0.5) is 0 Å². The molecule has 1 aromatic carbocycles. The van der Waals surface area contributed by atoms with Crippen LogP contribution in [0.1, 0.15) is 38.5 Å². The molecule has 2 N–H and O–H groups in total. The molecule has 1 atom stereocenters. The third kappa shape index (κ3) is 6.66. The SMILES string of the molecule is CSC1=CC(O)(CCCCOc2ccccc2)/C(=C\C=C\CCCCO)C1=O. The van der Waals surface area contributed by atoms with Crippen LogP contribution in [0.3, 0.4) is 0 Å². The first-order valence-corrected chi connectivity index (χ1v) is 11.0. The van der Waals surface area contributed by atoms with E-state index in [2.05, 4.69) is 0 Å². The molecule has 4 nitrogen and oxygen atoms in total. The largest absolute Gasteiger partial charge is 0.494 e. The summed E-state index contributed by atoms with van der Waals surface area (Å²) in [7, 11) is 0. The Hall–Kier alpha value is -1.82. The number of allylic oxidation sites excluding steroid dienone is 4. The molecule has 28 heavy (non-hydrogen) atoms. The van der Waals surface area contributed by atoms with Crippen LogP contribution in [0.5, 0.6) is 5.75 Å². The molecule has 152 valence electrons. The summed E-state index contributed by atoms with van der Waals surface area (Å²) in [5, 5.41) is 19.9. The molecule has 0 spiro atoms. The fourth-order valence-electron chi connectivity index (χ4n) is 3.11. The van der Waals surface area contributed by atoms with Crippen LogP contribution in [0.15, 0.2) is 65.1 Å². The number of thioether (sulfide) groups is 1. The van der Waals surface area contributed by atoms with Crippen molar-refractivity contribution >= 4 is 17.5 Å². The second-order valence-electron chi connectivity index (χ2n) is 6.81. The number of ether oxygens (including phenoxy) is 1. The number of para-hydroxylation sites is 1. The van der Waals surface area contributed by atoms with E-state index in [0.717, 1.165) is 37.9 Å². The molecule has 0 saturated carbocycles. The smallest absolute Gasteiger partial charge is 0.198 e. The van der Waals surface area contributed by atoms with E-state index in [1.54, 1.807) is 12.2 Å². The lowest BCUT2D eigenvalue weighted by molar-refractivity contribution is -0.112. The average molecular weight is 403 g/mol. The van der Waals surface area contributed by atoms with Gasteiger partial charge in [0.25, 0.3) is 0 Å². The number of aliphatic hydroxyl groups is 2. The summed E-state index contributed by atoms with van der Waals surface area (Å²) in [6.45, 7) is 0.777. The van der Waals surface area contributed by atoms with Crippen molar-refractivity contribution in [3.63, 3.8) is 0 Å². The zero-order chi connectivity index (χ0) is 20.2. The average Bonchev–Trinajstić information content (AvgIpc) is 2.95. The molecule has 0 bridgehead atoms. The molecule has 0 saturated heterocycles. The van der Waals surface area contributed by atoms with Crippen molar-refractivity contribution in [2.75, 3.05) is 19.5 Å². The molecule has 1 aromatic rings. The summed E-state index contributed by atoms with van der Waals surface area (Å²) in [5.74, 6) is 0.754. The van der Waals surface area contributed by atoms with Gasteiger partial charge in [0.2, 0.25) is 0 Å².